The van der Waals surface area contributed by atoms with Gasteiger partial charge in [-0.05, 0) is 80.5 Å². The van der Waals surface area contributed by atoms with Crippen LogP contribution in [0, 0.1) is 35.5 Å². The highest BCUT2D eigenvalue weighted by Gasteiger charge is 2.39. The van der Waals surface area contributed by atoms with Crippen LogP contribution in [0.3, 0.4) is 0 Å². The van der Waals surface area contributed by atoms with E-state index in [9.17, 15) is 0 Å². The van der Waals surface area contributed by atoms with Crippen molar-refractivity contribution >= 4 is 0 Å². The highest BCUT2D eigenvalue weighted by molar-refractivity contribution is 4.90. The number of unbranched alkanes of at least 4 members (excludes halogenated alkanes) is 7. The second-order valence-electron chi connectivity index (χ2n) is 12.4. The molecular weight excluding hydrogens is 391 g/mol. The summed E-state index contributed by atoms with van der Waals surface area (Å²) in [5.74, 6) is 4.63. The van der Waals surface area contributed by atoms with Gasteiger partial charge in [0.05, 0.1) is 0 Å². The molecule has 0 bridgehead atoms. The van der Waals surface area contributed by atoms with Gasteiger partial charge in [0.15, 0.2) is 0 Å². The summed E-state index contributed by atoms with van der Waals surface area (Å²) in [6.45, 7) is 4.61. The van der Waals surface area contributed by atoms with Gasteiger partial charge in [0.2, 0.25) is 0 Å². The molecule has 3 aliphatic rings. The van der Waals surface area contributed by atoms with E-state index < -0.39 is 6.17 Å². The average molecular weight is 449 g/mol. The van der Waals surface area contributed by atoms with Crippen LogP contribution in [0.15, 0.2) is 0 Å². The smallest absolute Gasteiger partial charge is 0.103 e. The van der Waals surface area contributed by atoms with E-state index in [0.29, 0.717) is 17.8 Å². The molecule has 0 aromatic heterocycles. The van der Waals surface area contributed by atoms with Gasteiger partial charge in [-0.25, -0.2) is 4.39 Å². The van der Waals surface area contributed by atoms with Crippen LogP contribution < -0.4 is 0 Å². The van der Waals surface area contributed by atoms with E-state index in [1.54, 1.807) is 0 Å². The minimum Gasteiger partial charge on any atom is -0.247 e. The lowest BCUT2D eigenvalue weighted by Crippen LogP contribution is -2.36. The maximum Gasteiger partial charge on any atom is 0.103 e. The summed E-state index contributed by atoms with van der Waals surface area (Å²) >= 11 is 0. The maximum atomic E-state index is 15.4. The third-order valence-corrected chi connectivity index (χ3v) is 10.1. The summed E-state index contributed by atoms with van der Waals surface area (Å²) in [4.78, 5) is 0. The van der Waals surface area contributed by atoms with E-state index in [1.807, 2.05) is 0 Å². The first-order valence-electron chi connectivity index (χ1n) is 15.3. The highest BCUT2D eigenvalue weighted by Crippen LogP contribution is 2.47. The van der Waals surface area contributed by atoms with Crippen LogP contribution in [-0.2, 0) is 0 Å². The maximum absolute atomic E-state index is 15.4. The van der Waals surface area contributed by atoms with Crippen LogP contribution in [0.1, 0.15) is 155 Å². The fourth-order valence-corrected chi connectivity index (χ4v) is 7.88. The second-order valence-corrected chi connectivity index (χ2v) is 12.4. The predicted molar refractivity (Wildman–Crippen MR) is 139 cm³/mol. The van der Waals surface area contributed by atoms with Crippen LogP contribution in [0.25, 0.3) is 0 Å². The van der Waals surface area contributed by atoms with Gasteiger partial charge in [0.1, 0.15) is 6.17 Å². The standard InChI is InChI=1S/C31H57F/c1-3-5-7-8-9-11-13-26-16-20-28(21-17-26)30-23-22-29(24-31(30)32)27-18-14-25(15-19-27)12-10-6-4-2/h25-31H,3-24H2,1-2H3. The fourth-order valence-electron chi connectivity index (χ4n) is 7.88. The Hall–Kier alpha value is -0.0700. The van der Waals surface area contributed by atoms with Gasteiger partial charge in [0.25, 0.3) is 0 Å². The van der Waals surface area contributed by atoms with Crippen molar-refractivity contribution in [2.75, 3.05) is 0 Å². The predicted octanol–water partition coefficient (Wildman–Crippen LogP) is 10.7. The lowest BCUT2D eigenvalue weighted by atomic mass is 9.64. The molecule has 3 unspecified atom stereocenters. The Morgan fingerprint density at radius 1 is 0.500 bits per heavy atom. The SMILES string of the molecule is CCCCCCCCC1CCC(C2CCC(C3CCC(CCCCC)CC3)CC2F)CC1. The quantitative estimate of drug-likeness (QED) is 0.246. The van der Waals surface area contributed by atoms with Crippen molar-refractivity contribution in [3.8, 4) is 0 Å². The molecule has 0 amide bonds. The van der Waals surface area contributed by atoms with E-state index in [0.717, 1.165) is 24.2 Å². The Balaban J connectivity index is 1.29. The zero-order valence-electron chi connectivity index (χ0n) is 22.0. The Morgan fingerprint density at radius 2 is 0.969 bits per heavy atom. The van der Waals surface area contributed by atoms with E-state index in [2.05, 4.69) is 13.8 Å². The minimum absolute atomic E-state index is 0.409. The van der Waals surface area contributed by atoms with Crippen molar-refractivity contribution < 1.29 is 4.39 Å². The molecule has 1 heteroatoms. The molecule has 32 heavy (non-hydrogen) atoms. The molecule has 0 aromatic rings. The zero-order valence-corrected chi connectivity index (χ0v) is 22.0. The zero-order chi connectivity index (χ0) is 22.6. The van der Waals surface area contributed by atoms with Crippen molar-refractivity contribution in [3.63, 3.8) is 0 Å². The van der Waals surface area contributed by atoms with Crippen molar-refractivity contribution in [1.29, 1.82) is 0 Å². The fraction of sp³-hybridized carbons (Fsp3) is 1.00. The Bertz CT molecular complexity index is 457. The van der Waals surface area contributed by atoms with Crippen LogP contribution in [0.5, 0.6) is 0 Å². The summed E-state index contributed by atoms with van der Waals surface area (Å²) in [7, 11) is 0. The van der Waals surface area contributed by atoms with Crippen LogP contribution in [-0.4, -0.2) is 6.17 Å². The van der Waals surface area contributed by atoms with Crippen LogP contribution in [0.4, 0.5) is 4.39 Å². The third kappa shape index (κ3) is 8.61. The molecule has 0 heterocycles. The molecule has 0 aromatic carbocycles. The molecule has 3 rings (SSSR count). The number of hydrogen-bond donors (Lipinski definition) is 0. The molecule has 0 nitrogen and oxygen atoms in total. The van der Waals surface area contributed by atoms with Gasteiger partial charge in [-0.2, -0.15) is 0 Å². The van der Waals surface area contributed by atoms with Crippen LogP contribution >= 0.6 is 0 Å². The largest absolute Gasteiger partial charge is 0.247 e. The number of alkyl halides is 1. The number of halogens is 1. The lowest BCUT2D eigenvalue weighted by molar-refractivity contribution is 0.0324. The molecule has 0 aliphatic heterocycles. The molecular formula is C31H57F. The first-order chi connectivity index (χ1) is 15.7. The lowest BCUT2D eigenvalue weighted by Gasteiger charge is -2.43. The molecule has 0 saturated heterocycles. The summed E-state index contributed by atoms with van der Waals surface area (Å²) in [5.41, 5.74) is 0. The highest BCUT2D eigenvalue weighted by atomic mass is 19.1. The molecule has 0 N–H and O–H groups in total. The van der Waals surface area contributed by atoms with Gasteiger partial charge in [-0.3, -0.25) is 0 Å². The van der Waals surface area contributed by atoms with Gasteiger partial charge in [0, 0.05) is 0 Å². The van der Waals surface area contributed by atoms with E-state index in [4.69, 9.17) is 0 Å². The number of rotatable bonds is 13. The van der Waals surface area contributed by atoms with Gasteiger partial charge in [-0.1, -0.05) is 110 Å². The monoisotopic (exact) mass is 448 g/mol. The van der Waals surface area contributed by atoms with Gasteiger partial charge in [-0.15, -0.1) is 0 Å². The third-order valence-electron chi connectivity index (χ3n) is 10.1. The molecule has 3 atom stereocenters. The Kier molecular flexibility index (Phi) is 12.5. The summed E-state index contributed by atoms with van der Waals surface area (Å²) in [5, 5.41) is 0. The Labute approximate surface area is 201 Å². The minimum atomic E-state index is -0.490. The molecule has 3 aliphatic carbocycles. The number of hydrogen-bond acceptors (Lipinski definition) is 0. The normalized spacial score (nSPS) is 36.3. The van der Waals surface area contributed by atoms with Gasteiger partial charge < -0.3 is 0 Å². The first-order valence-corrected chi connectivity index (χ1v) is 15.3. The first kappa shape index (κ1) is 26.5. The molecule has 3 fully saturated rings. The van der Waals surface area contributed by atoms with Crippen molar-refractivity contribution in [2.45, 2.75) is 161 Å². The molecule has 0 spiro atoms. The summed E-state index contributed by atoms with van der Waals surface area (Å²) in [6, 6.07) is 0. The molecule has 3 saturated carbocycles. The molecule has 188 valence electrons. The average Bonchev–Trinajstić information content (AvgIpc) is 2.82. The van der Waals surface area contributed by atoms with Gasteiger partial charge >= 0.3 is 0 Å². The van der Waals surface area contributed by atoms with Crippen LogP contribution in [0.2, 0.25) is 0 Å². The summed E-state index contributed by atoms with van der Waals surface area (Å²) < 4.78 is 15.4. The van der Waals surface area contributed by atoms with E-state index in [-0.39, 0.29) is 0 Å². The van der Waals surface area contributed by atoms with Crippen molar-refractivity contribution in [2.24, 2.45) is 35.5 Å². The second kappa shape index (κ2) is 15.0. The van der Waals surface area contributed by atoms with E-state index in [1.165, 1.54) is 135 Å². The topological polar surface area (TPSA) is 0 Å². The van der Waals surface area contributed by atoms with E-state index >= 15 is 4.39 Å². The summed E-state index contributed by atoms with van der Waals surface area (Å²) in [6.07, 6.45) is 29.7. The Morgan fingerprint density at radius 3 is 1.56 bits per heavy atom. The van der Waals surface area contributed by atoms with Crippen molar-refractivity contribution in [3.05, 3.63) is 0 Å². The molecule has 0 radical (unpaired) electrons. The van der Waals surface area contributed by atoms with Crippen molar-refractivity contribution in [1.82, 2.24) is 0 Å².